The number of anilines is 1. The van der Waals surface area contributed by atoms with Gasteiger partial charge in [0.25, 0.3) is 0 Å². The van der Waals surface area contributed by atoms with Crippen LogP contribution in [-0.4, -0.2) is 18.3 Å². The zero-order chi connectivity index (χ0) is 8.97. The second-order valence-electron chi connectivity index (χ2n) is 2.39. The maximum absolute atomic E-state index is 8.74. The molecule has 0 aliphatic heterocycles. The van der Waals surface area contributed by atoms with Crippen LogP contribution in [0.5, 0.6) is 0 Å². The molecular formula is C8H10N2OS. The Kier molecular flexibility index (Phi) is 3.09. The number of hydrogen-bond acceptors (Lipinski definition) is 4. The highest BCUT2D eigenvalue weighted by molar-refractivity contribution is 7.14. The van der Waals surface area contributed by atoms with Crippen molar-refractivity contribution in [2.75, 3.05) is 18.5 Å². The van der Waals surface area contributed by atoms with Crippen molar-refractivity contribution in [3.63, 3.8) is 0 Å². The molecule has 0 unspecified atom stereocenters. The van der Waals surface area contributed by atoms with Crippen molar-refractivity contribution in [2.45, 2.75) is 6.92 Å². The van der Waals surface area contributed by atoms with Crippen LogP contribution in [0.4, 0.5) is 5.00 Å². The number of thiophene rings is 1. The largest absolute Gasteiger partial charge is 0.395 e. The molecule has 12 heavy (non-hydrogen) atoms. The standard InChI is InChI=1S/C8H10N2OS/c1-6-5-12-8(7(6)4-9)10-2-3-11/h5,10-11H,2-3H2,1H3. The molecule has 64 valence electrons. The highest BCUT2D eigenvalue weighted by Crippen LogP contribution is 2.26. The Morgan fingerprint density at radius 3 is 3.08 bits per heavy atom. The van der Waals surface area contributed by atoms with Crippen molar-refractivity contribution in [3.05, 3.63) is 16.5 Å². The van der Waals surface area contributed by atoms with Gasteiger partial charge in [-0.15, -0.1) is 11.3 Å². The van der Waals surface area contributed by atoms with Gasteiger partial charge < -0.3 is 10.4 Å². The van der Waals surface area contributed by atoms with Crippen LogP contribution in [-0.2, 0) is 0 Å². The van der Waals surface area contributed by atoms with E-state index in [0.717, 1.165) is 10.6 Å². The molecule has 3 nitrogen and oxygen atoms in total. The Balaban J connectivity index is 2.79. The lowest BCUT2D eigenvalue weighted by molar-refractivity contribution is 0.311. The molecule has 2 N–H and O–H groups in total. The predicted molar refractivity (Wildman–Crippen MR) is 49.3 cm³/mol. The fourth-order valence-electron chi connectivity index (χ4n) is 0.883. The van der Waals surface area contributed by atoms with Crippen molar-refractivity contribution >= 4 is 16.3 Å². The third kappa shape index (κ3) is 1.76. The van der Waals surface area contributed by atoms with Crippen LogP contribution in [0.2, 0.25) is 0 Å². The van der Waals surface area contributed by atoms with Crippen molar-refractivity contribution in [2.24, 2.45) is 0 Å². The van der Waals surface area contributed by atoms with E-state index in [-0.39, 0.29) is 6.61 Å². The van der Waals surface area contributed by atoms with Crippen molar-refractivity contribution in [1.29, 1.82) is 5.26 Å². The van der Waals surface area contributed by atoms with Crippen LogP contribution in [0.15, 0.2) is 5.38 Å². The van der Waals surface area contributed by atoms with E-state index in [9.17, 15) is 0 Å². The molecule has 1 rings (SSSR count). The molecule has 1 aromatic rings. The van der Waals surface area contributed by atoms with Gasteiger partial charge in [0.05, 0.1) is 12.2 Å². The summed E-state index contributed by atoms with van der Waals surface area (Å²) in [4.78, 5) is 0. The molecule has 4 heteroatoms. The Hall–Kier alpha value is -1.05. The lowest BCUT2D eigenvalue weighted by Crippen LogP contribution is -2.04. The predicted octanol–water partition coefficient (Wildman–Crippen LogP) is 1.33. The number of nitrogens with zero attached hydrogens (tertiary/aromatic N) is 1. The van der Waals surface area contributed by atoms with Gasteiger partial charge in [-0.25, -0.2) is 0 Å². The van der Waals surface area contributed by atoms with Crippen LogP contribution in [0, 0.1) is 18.3 Å². The zero-order valence-electron chi connectivity index (χ0n) is 6.79. The first kappa shape index (κ1) is 9.04. The Morgan fingerprint density at radius 2 is 2.50 bits per heavy atom. The highest BCUT2D eigenvalue weighted by atomic mass is 32.1. The SMILES string of the molecule is Cc1csc(NCCO)c1C#N. The molecule has 0 saturated carbocycles. The Labute approximate surface area is 75.3 Å². The minimum absolute atomic E-state index is 0.0851. The van der Waals surface area contributed by atoms with Crippen molar-refractivity contribution in [1.82, 2.24) is 0 Å². The minimum Gasteiger partial charge on any atom is -0.395 e. The molecule has 0 aliphatic carbocycles. The first-order valence-electron chi connectivity index (χ1n) is 3.62. The number of aliphatic hydroxyl groups is 1. The Bertz CT molecular complexity index is 300. The smallest absolute Gasteiger partial charge is 0.107 e. The molecule has 1 aromatic heterocycles. The molecule has 0 amide bonds. The summed E-state index contributed by atoms with van der Waals surface area (Å²) in [6, 6.07) is 2.12. The second kappa shape index (κ2) is 4.10. The summed E-state index contributed by atoms with van der Waals surface area (Å²) < 4.78 is 0. The summed E-state index contributed by atoms with van der Waals surface area (Å²) in [6.45, 7) is 2.48. The summed E-state index contributed by atoms with van der Waals surface area (Å²) in [6.07, 6.45) is 0. The topological polar surface area (TPSA) is 56.0 Å². The number of aryl methyl sites for hydroxylation is 1. The van der Waals surface area contributed by atoms with Crippen molar-refractivity contribution in [3.8, 4) is 6.07 Å². The molecule has 0 fully saturated rings. The lowest BCUT2D eigenvalue weighted by atomic mass is 10.2. The molecule has 0 bridgehead atoms. The van der Waals surface area contributed by atoms with Gasteiger partial charge >= 0.3 is 0 Å². The first-order chi connectivity index (χ1) is 5.79. The fraction of sp³-hybridized carbons (Fsp3) is 0.375. The molecule has 1 heterocycles. The van der Waals surface area contributed by atoms with Gasteiger partial charge in [0.15, 0.2) is 0 Å². The van der Waals surface area contributed by atoms with Gasteiger partial charge in [-0.1, -0.05) is 0 Å². The van der Waals surface area contributed by atoms with E-state index in [2.05, 4.69) is 11.4 Å². The molecule has 0 atom stereocenters. The van der Waals surface area contributed by atoms with Crippen LogP contribution in [0.1, 0.15) is 11.1 Å². The lowest BCUT2D eigenvalue weighted by Gasteiger charge is -1.99. The molecular weight excluding hydrogens is 172 g/mol. The van der Waals surface area contributed by atoms with E-state index < -0.39 is 0 Å². The molecule has 0 saturated heterocycles. The molecule has 0 spiro atoms. The van der Waals surface area contributed by atoms with Crippen LogP contribution in [0.3, 0.4) is 0 Å². The normalized spacial score (nSPS) is 9.42. The van der Waals surface area contributed by atoms with Gasteiger partial charge in [0.2, 0.25) is 0 Å². The second-order valence-corrected chi connectivity index (χ2v) is 3.26. The van der Waals surface area contributed by atoms with Gasteiger partial charge in [-0.05, 0) is 17.9 Å². The van der Waals surface area contributed by atoms with E-state index in [1.54, 1.807) is 0 Å². The molecule has 0 aliphatic rings. The maximum Gasteiger partial charge on any atom is 0.107 e. The van der Waals surface area contributed by atoms with Gasteiger partial charge in [0, 0.05) is 6.54 Å². The van der Waals surface area contributed by atoms with E-state index >= 15 is 0 Å². The fourth-order valence-corrected chi connectivity index (χ4v) is 1.81. The van der Waals surface area contributed by atoms with Crippen LogP contribution >= 0.6 is 11.3 Å². The highest BCUT2D eigenvalue weighted by Gasteiger charge is 2.06. The van der Waals surface area contributed by atoms with Gasteiger partial charge in [-0.3, -0.25) is 0 Å². The summed E-state index contributed by atoms with van der Waals surface area (Å²) in [5, 5.41) is 23.1. The quantitative estimate of drug-likeness (QED) is 0.741. The maximum atomic E-state index is 8.74. The van der Waals surface area contributed by atoms with E-state index in [0.29, 0.717) is 12.1 Å². The number of nitrogens with one attached hydrogen (secondary N) is 1. The minimum atomic E-state index is 0.0851. The molecule has 0 radical (unpaired) electrons. The number of hydrogen-bond donors (Lipinski definition) is 2. The van der Waals surface area contributed by atoms with E-state index in [1.165, 1.54) is 11.3 Å². The number of nitriles is 1. The molecule has 0 aromatic carbocycles. The van der Waals surface area contributed by atoms with E-state index in [1.807, 2.05) is 12.3 Å². The zero-order valence-corrected chi connectivity index (χ0v) is 7.61. The number of aliphatic hydroxyl groups excluding tert-OH is 1. The average molecular weight is 182 g/mol. The van der Waals surface area contributed by atoms with Crippen molar-refractivity contribution < 1.29 is 5.11 Å². The van der Waals surface area contributed by atoms with Crippen LogP contribution in [0.25, 0.3) is 0 Å². The summed E-state index contributed by atoms with van der Waals surface area (Å²) >= 11 is 1.50. The summed E-state index contributed by atoms with van der Waals surface area (Å²) in [5.74, 6) is 0. The van der Waals surface area contributed by atoms with E-state index in [4.69, 9.17) is 10.4 Å². The third-order valence-corrected chi connectivity index (χ3v) is 2.54. The average Bonchev–Trinajstić information content (AvgIpc) is 2.43. The summed E-state index contributed by atoms with van der Waals surface area (Å²) in [7, 11) is 0. The van der Waals surface area contributed by atoms with Gasteiger partial charge in [0.1, 0.15) is 11.1 Å². The summed E-state index contributed by atoms with van der Waals surface area (Å²) in [5.41, 5.74) is 1.68. The van der Waals surface area contributed by atoms with Gasteiger partial charge in [-0.2, -0.15) is 5.26 Å². The third-order valence-electron chi connectivity index (χ3n) is 1.48. The number of rotatable bonds is 3. The monoisotopic (exact) mass is 182 g/mol. The Morgan fingerprint density at radius 1 is 1.75 bits per heavy atom. The first-order valence-corrected chi connectivity index (χ1v) is 4.50. The van der Waals surface area contributed by atoms with Crippen LogP contribution < -0.4 is 5.32 Å².